The van der Waals surface area contributed by atoms with Crippen LogP contribution in [0.2, 0.25) is 0 Å². The van der Waals surface area contributed by atoms with Crippen molar-refractivity contribution in [2.45, 2.75) is 33.5 Å². The molecule has 0 aliphatic heterocycles. The molecule has 2 aromatic carbocycles. The van der Waals surface area contributed by atoms with E-state index in [1.54, 1.807) is 24.3 Å². The molecule has 0 bridgehead atoms. The van der Waals surface area contributed by atoms with E-state index in [0.29, 0.717) is 17.3 Å². The zero-order valence-corrected chi connectivity index (χ0v) is 15.8. The van der Waals surface area contributed by atoms with E-state index in [2.05, 4.69) is 20.0 Å². The molecule has 0 spiro atoms. The van der Waals surface area contributed by atoms with Crippen molar-refractivity contribution in [3.8, 4) is 0 Å². The molecule has 7 heteroatoms. The number of aryl methyl sites for hydroxylation is 2. The summed E-state index contributed by atoms with van der Waals surface area (Å²) in [5, 5.41) is 8.24. The molecule has 2 heterocycles. The molecule has 4 aromatic rings. The molecule has 0 saturated heterocycles. The van der Waals surface area contributed by atoms with Gasteiger partial charge in [-0.25, -0.2) is 9.67 Å². The molecular formula is C21H21N5O2. The number of fused-ring (bicyclic) bond motifs is 2. The van der Waals surface area contributed by atoms with Crippen molar-refractivity contribution >= 4 is 27.7 Å². The Morgan fingerprint density at radius 1 is 1.00 bits per heavy atom. The van der Waals surface area contributed by atoms with Gasteiger partial charge in [0.15, 0.2) is 5.69 Å². The Morgan fingerprint density at radius 3 is 2.46 bits per heavy atom. The van der Waals surface area contributed by atoms with E-state index < -0.39 is 0 Å². The van der Waals surface area contributed by atoms with Gasteiger partial charge in [0.05, 0.1) is 23.0 Å². The number of benzene rings is 2. The molecule has 0 atom stereocenters. The summed E-state index contributed by atoms with van der Waals surface area (Å²) >= 11 is 0. The van der Waals surface area contributed by atoms with Gasteiger partial charge in [0.2, 0.25) is 0 Å². The number of hydrogen-bond donors (Lipinski definition) is 1. The van der Waals surface area contributed by atoms with Crippen LogP contribution in [0.1, 0.15) is 30.2 Å². The van der Waals surface area contributed by atoms with Crippen LogP contribution in [-0.4, -0.2) is 25.2 Å². The quantitative estimate of drug-likeness (QED) is 0.581. The summed E-state index contributed by atoms with van der Waals surface area (Å²) in [5.41, 5.74) is 1.99. The maximum absolute atomic E-state index is 12.9. The number of hydrogen-bond acceptors (Lipinski definition) is 4. The summed E-state index contributed by atoms with van der Waals surface area (Å²) in [6.07, 6.45) is 0. The first-order valence-electron chi connectivity index (χ1n) is 9.36. The molecule has 28 heavy (non-hydrogen) atoms. The van der Waals surface area contributed by atoms with Gasteiger partial charge in [-0.05, 0) is 32.0 Å². The Balaban J connectivity index is 1.68. The lowest BCUT2D eigenvalue weighted by molar-refractivity contribution is 0.0944. The molecule has 0 radical (unpaired) electrons. The van der Waals surface area contributed by atoms with E-state index in [0.717, 1.165) is 23.4 Å². The van der Waals surface area contributed by atoms with E-state index >= 15 is 0 Å². The van der Waals surface area contributed by atoms with Crippen molar-refractivity contribution in [2.24, 2.45) is 0 Å². The average molecular weight is 375 g/mol. The maximum Gasteiger partial charge on any atom is 0.274 e. The summed E-state index contributed by atoms with van der Waals surface area (Å²) in [7, 11) is 0. The number of amides is 1. The zero-order chi connectivity index (χ0) is 19.7. The van der Waals surface area contributed by atoms with Gasteiger partial charge >= 0.3 is 0 Å². The largest absolute Gasteiger partial charge is 0.343 e. The average Bonchev–Trinajstić information content (AvgIpc) is 3.10. The number of para-hydroxylation sites is 2. The lowest BCUT2D eigenvalue weighted by atomic mass is 10.1. The highest BCUT2D eigenvalue weighted by Crippen LogP contribution is 2.17. The number of nitrogens with one attached hydrogen (secondary N) is 1. The van der Waals surface area contributed by atoms with E-state index in [1.807, 2.05) is 38.1 Å². The minimum atomic E-state index is -0.326. The van der Waals surface area contributed by atoms with Crippen LogP contribution >= 0.6 is 0 Å². The first-order chi connectivity index (χ1) is 13.6. The molecule has 7 nitrogen and oxygen atoms in total. The number of carbonyl (C=O) groups excluding carboxylic acids is 1. The van der Waals surface area contributed by atoms with E-state index in [9.17, 15) is 9.59 Å². The Bertz CT molecular complexity index is 1240. The molecule has 4 rings (SSSR count). The molecule has 0 aliphatic carbocycles. The van der Waals surface area contributed by atoms with Crippen LogP contribution in [-0.2, 0) is 19.6 Å². The van der Waals surface area contributed by atoms with Gasteiger partial charge in [-0.2, -0.15) is 5.10 Å². The Hall–Kier alpha value is -3.48. The molecule has 0 unspecified atom stereocenters. The third-order valence-corrected chi connectivity index (χ3v) is 4.84. The molecule has 0 aliphatic rings. The topological polar surface area (TPSA) is 81.8 Å². The fourth-order valence-corrected chi connectivity index (χ4v) is 3.47. The molecule has 1 amide bonds. The van der Waals surface area contributed by atoms with Crippen molar-refractivity contribution < 1.29 is 4.79 Å². The number of aromatic nitrogens is 4. The highest BCUT2D eigenvalue weighted by Gasteiger charge is 2.17. The maximum atomic E-state index is 12.9. The van der Waals surface area contributed by atoms with E-state index in [4.69, 9.17) is 0 Å². The second-order valence-corrected chi connectivity index (χ2v) is 6.46. The van der Waals surface area contributed by atoms with Crippen LogP contribution in [0.3, 0.4) is 0 Å². The molecular weight excluding hydrogens is 354 g/mol. The summed E-state index contributed by atoms with van der Waals surface area (Å²) in [6.45, 7) is 5.31. The summed E-state index contributed by atoms with van der Waals surface area (Å²) in [6, 6.07) is 15.0. The standard InChI is InChI=1S/C21H21N5O2/c1-3-25-17-12-8-7-11-16(17)23-18(25)13-22-20(27)19-14-9-5-6-10-15(14)21(28)26(4-2)24-19/h5-12H,3-4,13H2,1-2H3,(H,22,27). The second kappa shape index (κ2) is 7.26. The molecule has 2 aromatic heterocycles. The van der Waals surface area contributed by atoms with Gasteiger partial charge in [-0.1, -0.05) is 30.3 Å². The smallest absolute Gasteiger partial charge is 0.274 e. The van der Waals surface area contributed by atoms with Gasteiger partial charge in [0.25, 0.3) is 11.5 Å². The van der Waals surface area contributed by atoms with Gasteiger partial charge in [-0.3, -0.25) is 9.59 Å². The van der Waals surface area contributed by atoms with Gasteiger partial charge < -0.3 is 9.88 Å². The molecule has 1 N–H and O–H groups in total. The molecule has 142 valence electrons. The highest BCUT2D eigenvalue weighted by atomic mass is 16.2. The summed E-state index contributed by atoms with van der Waals surface area (Å²) in [5.74, 6) is 0.457. The lowest BCUT2D eigenvalue weighted by Crippen LogP contribution is -2.30. The van der Waals surface area contributed by atoms with Crippen molar-refractivity contribution in [3.05, 3.63) is 70.4 Å². The third-order valence-electron chi connectivity index (χ3n) is 4.84. The van der Waals surface area contributed by atoms with Gasteiger partial charge in [0, 0.05) is 18.5 Å². The predicted octanol–water partition coefficient (Wildman–Crippen LogP) is 2.72. The van der Waals surface area contributed by atoms with E-state index in [1.165, 1.54) is 4.68 Å². The molecule has 0 saturated carbocycles. The number of nitrogens with zero attached hydrogens (tertiary/aromatic N) is 4. The minimum absolute atomic E-state index is 0.192. The first-order valence-corrected chi connectivity index (χ1v) is 9.36. The van der Waals surface area contributed by atoms with Crippen LogP contribution in [0.4, 0.5) is 0 Å². The van der Waals surface area contributed by atoms with E-state index in [-0.39, 0.29) is 23.7 Å². The Morgan fingerprint density at radius 2 is 1.71 bits per heavy atom. The van der Waals surface area contributed by atoms with Crippen molar-refractivity contribution in [3.63, 3.8) is 0 Å². The van der Waals surface area contributed by atoms with Crippen LogP contribution in [0.15, 0.2) is 53.3 Å². The fourth-order valence-electron chi connectivity index (χ4n) is 3.47. The Labute approximate surface area is 161 Å². The monoisotopic (exact) mass is 375 g/mol. The van der Waals surface area contributed by atoms with Crippen LogP contribution in [0, 0.1) is 0 Å². The zero-order valence-electron chi connectivity index (χ0n) is 15.8. The highest BCUT2D eigenvalue weighted by molar-refractivity contribution is 6.04. The summed E-state index contributed by atoms with van der Waals surface area (Å²) < 4.78 is 3.40. The second-order valence-electron chi connectivity index (χ2n) is 6.46. The van der Waals surface area contributed by atoms with Crippen molar-refractivity contribution in [1.82, 2.24) is 24.6 Å². The SMILES string of the molecule is CCn1nc(C(=O)NCc2nc3ccccc3n2CC)c2ccccc2c1=O. The number of carbonyl (C=O) groups is 1. The van der Waals surface area contributed by atoms with Gasteiger partial charge in [-0.15, -0.1) is 0 Å². The first kappa shape index (κ1) is 17.9. The number of imidazole rings is 1. The van der Waals surface area contributed by atoms with Gasteiger partial charge in [0.1, 0.15) is 5.82 Å². The molecule has 0 fully saturated rings. The normalized spacial score (nSPS) is 11.2. The third kappa shape index (κ3) is 2.94. The Kier molecular flexibility index (Phi) is 4.65. The number of rotatable bonds is 5. The van der Waals surface area contributed by atoms with Crippen molar-refractivity contribution in [1.29, 1.82) is 0 Å². The summed E-state index contributed by atoms with van der Waals surface area (Å²) in [4.78, 5) is 30.0. The van der Waals surface area contributed by atoms with Crippen LogP contribution in [0.25, 0.3) is 21.8 Å². The fraction of sp³-hybridized carbons (Fsp3) is 0.238. The lowest BCUT2D eigenvalue weighted by Gasteiger charge is -2.11. The van der Waals surface area contributed by atoms with Crippen LogP contribution < -0.4 is 10.9 Å². The van der Waals surface area contributed by atoms with Crippen LogP contribution in [0.5, 0.6) is 0 Å². The van der Waals surface area contributed by atoms with Crippen molar-refractivity contribution in [2.75, 3.05) is 0 Å². The predicted molar refractivity (Wildman–Crippen MR) is 108 cm³/mol. The minimum Gasteiger partial charge on any atom is -0.343 e.